The van der Waals surface area contributed by atoms with Crippen LogP contribution in [-0.4, -0.2) is 12.6 Å². The minimum absolute atomic E-state index is 0.617. The summed E-state index contributed by atoms with van der Waals surface area (Å²) in [4.78, 5) is 0. The van der Waals surface area contributed by atoms with E-state index in [2.05, 4.69) is 49.5 Å². The van der Waals surface area contributed by atoms with Gasteiger partial charge in [-0.2, -0.15) is 0 Å². The van der Waals surface area contributed by atoms with Crippen molar-refractivity contribution in [2.75, 3.05) is 6.54 Å². The highest BCUT2D eigenvalue weighted by molar-refractivity contribution is 5.18. The van der Waals surface area contributed by atoms with Crippen LogP contribution in [0.3, 0.4) is 0 Å². The van der Waals surface area contributed by atoms with Gasteiger partial charge in [0, 0.05) is 12.6 Å². The lowest BCUT2D eigenvalue weighted by Crippen LogP contribution is -2.31. The predicted molar refractivity (Wildman–Crippen MR) is 83.5 cm³/mol. The smallest absolute Gasteiger partial charge is 0.00674 e. The molecule has 0 saturated heterocycles. The van der Waals surface area contributed by atoms with Crippen LogP contribution in [0.25, 0.3) is 0 Å². The molecule has 1 N–H and O–H groups in total. The fraction of sp³-hybridized carbons (Fsp3) is 0.667. The summed E-state index contributed by atoms with van der Waals surface area (Å²) in [6, 6.07) is 11.6. The Kier molecular flexibility index (Phi) is 5.91. The first-order valence-corrected chi connectivity index (χ1v) is 8.08. The highest BCUT2D eigenvalue weighted by Gasteiger charge is 2.18. The standard InChI is InChI=1S/C18H29N/c1-3-16-8-7-11-18(13-12-16)19-14-15(2)17-9-5-4-6-10-17/h4-6,9-10,15-16,18-19H,3,7-8,11-14H2,1-2H3. The van der Waals surface area contributed by atoms with E-state index in [1.165, 1.54) is 44.1 Å². The second-order valence-electron chi connectivity index (χ2n) is 6.20. The summed E-state index contributed by atoms with van der Waals surface area (Å²) in [5.74, 6) is 1.60. The van der Waals surface area contributed by atoms with Gasteiger partial charge in [-0.1, -0.05) is 63.4 Å². The fourth-order valence-electron chi connectivity index (χ4n) is 3.23. The van der Waals surface area contributed by atoms with Gasteiger partial charge in [0.1, 0.15) is 0 Å². The van der Waals surface area contributed by atoms with Gasteiger partial charge in [0.2, 0.25) is 0 Å². The van der Waals surface area contributed by atoms with Crippen LogP contribution in [-0.2, 0) is 0 Å². The van der Waals surface area contributed by atoms with Crippen LogP contribution in [0.5, 0.6) is 0 Å². The monoisotopic (exact) mass is 259 g/mol. The first-order valence-electron chi connectivity index (χ1n) is 8.08. The van der Waals surface area contributed by atoms with Crippen LogP contribution in [0.15, 0.2) is 30.3 Å². The zero-order chi connectivity index (χ0) is 13.5. The Morgan fingerprint density at radius 1 is 1.11 bits per heavy atom. The lowest BCUT2D eigenvalue weighted by atomic mass is 9.97. The van der Waals surface area contributed by atoms with Crippen molar-refractivity contribution in [1.29, 1.82) is 0 Å². The molecular weight excluding hydrogens is 230 g/mol. The molecule has 1 saturated carbocycles. The SMILES string of the molecule is CCC1CCCC(NCC(C)c2ccccc2)CC1. The molecule has 3 atom stereocenters. The molecule has 1 aromatic carbocycles. The molecule has 1 heteroatoms. The van der Waals surface area contributed by atoms with Crippen LogP contribution >= 0.6 is 0 Å². The van der Waals surface area contributed by atoms with E-state index in [1.807, 2.05) is 0 Å². The molecule has 0 radical (unpaired) electrons. The van der Waals surface area contributed by atoms with Crippen molar-refractivity contribution in [3.63, 3.8) is 0 Å². The van der Waals surface area contributed by atoms with Crippen LogP contribution < -0.4 is 5.32 Å². The molecule has 0 bridgehead atoms. The van der Waals surface area contributed by atoms with E-state index in [1.54, 1.807) is 0 Å². The van der Waals surface area contributed by atoms with Gasteiger partial charge in [-0.25, -0.2) is 0 Å². The van der Waals surface area contributed by atoms with Crippen molar-refractivity contribution in [2.45, 2.75) is 64.3 Å². The van der Waals surface area contributed by atoms with Crippen molar-refractivity contribution in [3.05, 3.63) is 35.9 Å². The normalized spacial score (nSPS) is 25.8. The minimum Gasteiger partial charge on any atom is -0.313 e. The largest absolute Gasteiger partial charge is 0.313 e. The molecule has 106 valence electrons. The Bertz CT molecular complexity index is 346. The van der Waals surface area contributed by atoms with Crippen molar-refractivity contribution < 1.29 is 0 Å². The van der Waals surface area contributed by atoms with Crippen LogP contribution in [0, 0.1) is 5.92 Å². The first-order chi connectivity index (χ1) is 9.29. The summed E-state index contributed by atoms with van der Waals surface area (Å²) in [5.41, 5.74) is 1.45. The minimum atomic E-state index is 0.617. The van der Waals surface area contributed by atoms with Gasteiger partial charge in [-0.3, -0.25) is 0 Å². The van der Waals surface area contributed by atoms with Gasteiger partial charge in [0.25, 0.3) is 0 Å². The Labute approximate surface area is 118 Å². The highest BCUT2D eigenvalue weighted by atomic mass is 14.9. The number of hydrogen-bond acceptors (Lipinski definition) is 1. The van der Waals surface area contributed by atoms with Crippen molar-refractivity contribution in [2.24, 2.45) is 5.92 Å². The molecule has 0 spiro atoms. The van der Waals surface area contributed by atoms with Gasteiger partial charge >= 0.3 is 0 Å². The predicted octanol–water partition coefficient (Wildman–Crippen LogP) is 4.74. The second kappa shape index (κ2) is 7.69. The Morgan fingerprint density at radius 2 is 1.89 bits per heavy atom. The third-order valence-electron chi connectivity index (χ3n) is 4.75. The third-order valence-corrected chi connectivity index (χ3v) is 4.75. The lowest BCUT2D eigenvalue weighted by Gasteiger charge is -2.20. The second-order valence-corrected chi connectivity index (χ2v) is 6.20. The topological polar surface area (TPSA) is 12.0 Å². The molecule has 1 fully saturated rings. The molecule has 3 unspecified atom stereocenters. The number of rotatable bonds is 5. The average Bonchev–Trinajstić information content (AvgIpc) is 2.70. The molecular formula is C18H29N. The van der Waals surface area contributed by atoms with E-state index in [0.717, 1.165) is 18.5 Å². The first kappa shape index (κ1) is 14.6. The summed E-state index contributed by atoms with van der Waals surface area (Å²) >= 11 is 0. The molecule has 1 aliphatic carbocycles. The maximum atomic E-state index is 3.80. The number of hydrogen-bond donors (Lipinski definition) is 1. The van der Waals surface area contributed by atoms with Crippen LogP contribution in [0.4, 0.5) is 0 Å². The summed E-state index contributed by atoms with van der Waals surface area (Å²) in [6.07, 6.45) is 8.40. The highest BCUT2D eigenvalue weighted by Crippen LogP contribution is 2.25. The summed E-state index contributed by atoms with van der Waals surface area (Å²) < 4.78 is 0. The zero-order valence-corrected chi connectivity index (χ0v) is 12.6. The molecule has 1 nitrogen and oxygen atoms in total. The quantitative estimate of drug-likeness (QED) is 0.753. The third kappa shape index (κ3) is 4.65. The Hall–Kier alpha value is -0.820. The zero-order valence-electron chi connectivity index (χ0n) is 12.6. The Balaban J connectivity index is 1.76. The van der Waals surface area contributed by atoms with Crippen LogP contribution in [0.2, 0.25) is 0 Å². The van der Waals surface area contributed by atoms with E-state index in [-0.39, 0.29) is 0 Å². The van der Waals surface area contributed by atoms with Crippen molar-refractivity contribution in [1.82, 2.24) is 5.32 Å². The molecule has 0 aromatic heterocycles. The molecule has 1 aliphatic rings. The fourth-order valence-corrected chi connectivity index (χ4v) is 3.23. The van der Waals surface area contributed by atoms with Crippen molar-refractivity contribution in [3.8, 4) is 0 Å². The molecule has 0 aliphatic heterocycles. The van der Waals surface area contributed by atoms with Gasteiger partial charge < -0.3 is 5.32 Å². The molecule has 0 amide bonds. The average molecular weight is 259 g/mol. The van der Waals surface area contributed by atoms with E-state index in [9.17, 15) is 0 Å². The lowest BCUT2D eigenvalue weighted by molar-refractivity contribution is 0.420. The van der Waals surface area contributed by atoms with Gasteiger partial charge in [0.15, 0.2) is 0 Å². The van der Waals surface area contributed by atoms with Crippen LogP contribution in [0.1, 0.15) is 63.9 Å². The summed E-state index contributed by atoms with van der Waals surface area (Å²) in [5, 5.41) is 3.80. The van der Waals surface area contributed by atoms with E-state index < -0.39 is 0 Å². The Morgan fingerprint density at radius 3 is 2.63 bits per heavy atom. The molecule has 19 heavy (non-hydrogen) atoms. The maximum Gasteiger partial charge on any atom is 0.00674 e. The number of nitrogens with one attached hydrogen (secondary N) is 1. The van der Waals surface area contributed by atoms with Gasteiger partial charge in [0.05, 0.1) is 0 Å². The summed E-state index contributed by atoms with van der Waals surface area (Å²) in [7, 11) is 0. The maximum absolute atomic E-state index is 3.80. The van der Waals surface area contributed by atoms with Crippen molar-refractivity contribution >= 4 is 0 Å². The number of benzene rings is 1. The molecule has 0 heterocycles. The summed E-state index contributed by atoms with van der Waals surface area (Å²) in [6.45, 7) is 5.79. The van der Waals surface area contributed by atoms with E-state index in [0.29, 0.717) is 5.92 Å². The van der Waals surface area contributed by atoms with Gasteiger partial charge in [-0.05, 0) is 36.7 Å². The van der Waals surface area contributed by atoms with E-state index in [4.69, 9.17) is 0 Å². The molecule has 2 rings (SSSR count). The van der Waals surface area contributed by atoms with E-state index >= 15 is 0 Å². The van der Waals surface area contributed by atoms with Gasteiger partial charge in [-0.15, -0.1) is 0 Å². The molecule has 1 aromatic rings.